The molecule has 1 aromatic carbocycles. The Morgan fingerprint density at radius 3 is 2.14 bits per heavy atom. The highest BCUT2D eigenvalue weighted by atomic mass is 35.5. The third-order valence-corrected chi connectivity index (χ3v) is 2.80. The number of methoxy groups -OCH3 is 2. The highest BCUT2D eigenvalue weighted by Crippen LogP contribution is 2.41. The minimum absolute atomic E-state index is 0. The van der Waals surface area contributed by atoms with Crippen molar-refractivity contribution in [2.24, 2.45) is 5.73 Å². The summed E-state index contributed by atoms with van der Waals surface area (Å²) in [6, 6.07) is 0.241. The van der Waals surface area contributed by atoms with Gasteiger partial charge in [-0.1, -0.05) is 0 Å². The Kier molecular flexibility index (Phi) is 7.34. The van der Waals surface area contributed by atoms with Crippen LogP contribution in [0.15, 0.2) is 12.1 Å². The molecule has 1 aromatic rings. The second kappa shape index (κ2) is 8.00. The largest absolute Gasteiger partial charge is 0.502 e. The van der Waals surface area contributed by atoms with E-state index in [1.165, 1.54) is 21.1 Å². The summed E-state index contributed by atoms with van der Waals surface area (Å²) in [4.78, 5) is 11.3. The maximum absolute atomic E-state index is 13.9. The van der Waals surface area contributed by atoms with Gasteiger partial charge in [-0.3, -0.25) is 0 Å². The summed E-state index contributed by atoms with van der Waals surface area (Å²) in [5.74, 6) is -6.19. The molecule has 9 heteroatoms. The number of phenolic OH excluding ortho intramolecular Hbond substituents is 1. The van der Waals surface area contributed by atoms with Crippen molar-refractivity contribution in [2.75, 3.05) is 20.8 Å². The Morgan fingerprint density at radius 2 is 1.77 bits per heavy atom. The molecule has 0 aromatic heterocycles. The van der Waals surface area contributed by atoms with E-state index in [9.17, 15) is 18.7 Å². The number of benzene rings is 1. The summed E-state index contributed by atoms with van der Waals surface area (Å²) in [5.41, 5.74) is 5.32. The standard InChI is InChI=1S/C13H17F2NO5.ClH/c1-4-21-12(18)13(14,15)11(16)7-5-8(19-2)10(17)9(6-7)20-3;/h5-6,11,17H,4,16H2,1-3H3;1H/t11-;/m0./s1. The van der Waals surface area contributed by atoms with Gasteiger partial charge in [-0.25, -0.2) is 4.79 Å². The maximum atomic E-state index is 13.9. The number of nitrogens with two attached hydrogens (primary N) is 1. The molecule has 1 rings (SSSR count). The lowest BCUT2D eigenvalue weighted by molar-refractivity contribution is -0.174. The number of carbonyl (C=O) groups excluding carboxylic acids is 1. The number of ether oxygens (including phenoxy) is 3. The van der Waals surface area contributed by atoms with E-state index in [1.54, 1.807) is 0 Å². The van der Waals surface area contributed by atoms with Gasteiger partial charge in [0.15, 0.2) is 11.5 Å². The first-order chi connectivity index (χ1) is 9.79. The Hall–Kier alpha value is -1.80. The second-order valence-electron chi connectivity index (χ2n) is 4.10. The van der Waals surface area contributed by atoms with E-state index >= 15 is 0 Å². The summed E-state index contributed by atoms with van der Waals surface area (Å²) >= 11 is 0. The van der Waals surface area contributed by atoms with Crippen LogP contribution in [0.4, 0.5) is 8.78 Å². The van der Waals surface area contributed by atoms with E-state index in [4.69, 9.17) is 15.2 Å². The molecule has 0 heterocycles. The first-order valence-electron chi connectivity index (χ1n) is 6.05. The lowest BCUT2D eigenvalue weighted by atomic mass is 10.0. The molecular formula is C13H18ClF2NO5. The highest BCUT2D eigenvalue weighted by molar-refractivity contribution is 5.85. The SMILES string of the molecule is CCOC(=O)C(F)(F)[C@@H](N)c1cc(OC)c(O)c(OC)c1.Cl. The van der Waals surface area contributed by atoms with Crippen molar-refractivity contribution in [3.8, 4) is 17.2 Å². The van der Waals surface area contributed by atoms with E-state index in [1.807, 2.05) is 0 Å². The molecule has 0 saturated carbocycles. The first-order valence-corrected chi connectivity index (χ1v) is 6.05. The number of aromatic hydroxyl groups is 1. The van der Waals surface area contributed by atoms with Gasteiger partial charge in [-0.05, 0) is 24.6 Å². The Balaban J connectivity index is 0.00000441. The Labute approximate surface area is 132 Å². The van der Waals surface area contributed by atoms with Gasteiger partial charge in [0.25, 0.3) is 0 Å². The average molecular weight is 342 g/mol. The van der Waals surface area contributed by atoms with Gasteiger partial charge in [0, 0.05) is 0 Å². The van der Waals surface area contributed by atoms with E-state index in [-0.39, 0.29) is 41.8 Å². The molecule has 0 aliphatic carbocycles. The summed E-state index contributed by atoms with van der Waals surface area (Å²) in [7, 11) is 2.49. The predicted molar refractivity (Wildman–Crippen MR) is 77.0 cm³/mol. The smallest absolute Gasteiger partial charge is 0.379 e. The number of carbonyl (C=O) groups is 1. The first kappa shape index (κ1) is 20.2. The maximum Gasteiger partial charge on any atom is 0.379 e. The molecule has 0 bridgehead atoms. The summed E-state index contributed by atoms with van der Waals surface area (Å²) in [6.07, 6.45) is 0. The molecule has 3 N–H and O–H groups in total. The van der Waals surface area contributed by atoms with Crippen LogP contribution in [0.1, 0.15) is 18.5 Å². The van der Waals surface area contributed by atoms with Crippen molar-refractivity contribution in [3.05, 3.63) is 17.7 Å². The monoisotopic (exact) mass is 341 g/mol. The number of halogens is 3. The zero-order valence-corrected chi connectivity index (χ0v) is 13.1. The molecule has 0 radical (unpaired) electrons. The van der Waals surface area contributed by atoms with Gasteiger partial charge in [0.1, 0.15) is 6.04 Å². The quantitative estimate of drug-likeness (QED) is 0.769. The number of hydrogen-bond acceptors (Lipinski definition) is 6. The van der Waals surface area contributed by atoms with Crippen LogP contribution >= 0.6 is 12.4 Å². The van der Waals surface area contributed by atoms with Crippen LogP contribution in [-0.2, 0) is 9.53 Å². The minimum Gasteiger partial charge on any atom is -0.502 e. The Bertz CT molecular complexity index is 502. The second-order valence-corrected chi connectivity index (χ2v) is 4.10. The number of alkyl halides is 2. The number of esters is 1. The molecular weight excluding hydrogens is 324 g/mol. The average Bonchev–Trinajstić information content (AvgIpc) is 2.46. The van der Waals surface area contributed by atoms with Crippen molar-refractivity contribution in [2.45, 2.75) is 18.9 Å². The van der Waals surface area contributed by atoms with Crippen molar-refractivity contribution in [1.29, 1.82) is 0 Å². The van der Waals surface area contributed by atoms with Crippen LogP contribution < -0.4 is 15.2 Å². The van der Waals surface area contributed by atoms with Gasteiger partial charge in [-0.2, -0.15) is 8.78 Å². The number of phenols is 1. The fourth-order valence-electron chi connectivity index (χ4n) is 1.66. The summed E-state index contributed by atoms with van der Waals surface area (Å²) < 4.78 is 41.8. The molecule has 22 heavy (non-hydrogen) atoms. The van der Waals surface area contributed by atoms with Gasteiger partial charge in [0.05, 0.1) is 20.8 Å². The van der Waals surface area contributed by atoms with Crippen molar-refractivity contribution >= 4 is 18.4 Å². The van der Waals surface area contributed by atoms with Gasteiger partial charge >= 0.3 is 11.9 Å². The molecule has 0 aliphatic heterocycles. The van der Waals surface area contributed by atoms with Gasteiger partial charge in [0.2, 0.25) is 5.75 Å². The molecule has 0 unspecified atom stereocenters. The zero-order valence-electron chi connectivity index (χ0n) is 12.3. The molecule has 1 atom stereocenters. The van der Waals surface area contributed by atoms with Crippen LogP contribution in [0.25, 0.3) is 0 Å². The normalized spacial score (nSPS) is 12.1. The molecule has 126 valence electrons. The third-order valence-electron chi connectivity index (χ3n) is 2.80. The van der Waals surface area contributed by atoms with Crippen LogP contribution in [0.2, 0.25) is 0 Å². The topological polar surface area (TPSA) is 91.0 Å². The molecule has 0 aliphatic rings. The lowest BCUT2D eigenvalue weighted by Crippen LogP contribution is -2.41. The Morgan fingerprint density at radius 1 is 1.32 bits per heavy atom. The van der Waals surface area contributed by atoms with Crippen molar-refractivity contribution < 1.29 is 32.9 Å². The van der Waals surface area contributed by atoms with E-state index in [0.717, 1.165) is 12.1 Å². The lowest BCUT2D eigenvalue weighted by Gasteiger charge is -2.23. The molecule has 0 spiro atoms. The van der Waals surface area contributed by atoms with Crippen LogP contribution in [0.5, 0.6) is 17.2 Å². The van der Waals surface area contributed by atoms with Gasteiger partial charge in [-0.15, -0.1) is 12.4 Å². The fraction of sp³-hybridized carbons (Fsp3) is 0.462. The van der Waals surface area contributed by atoms with Crippen molar-refractivity contribution in [3.63, 3.8) is 0 Å². The van der Waals surface area contributed by atoms with Crippen LogP contribution in [-0.4, -0.2) is 37.8 Å². The van der Waals surface area contributed by atoms with Gasteiger partial charge < -0.3 is 25.1 Å². The number of hydrogen-bond donors (Lipinski definition) is 2. The van der Waals surface area contributed by atoms with Crippen LogP contribution in [0.3, 0.4) is 0 Å². The van der Waals surface area contributed by atoms with E-state index in [0.29, 0.717) is 0 Å². The van der Waals surface area contributed by atoms with Crippen molar-refractivity contribution in [1.82, 2.24) is 0 Å². The summed E-state index contributed by atoms with van der Waals surface area (Å²) in [5, 5.41) is 9.72. The molecule has 0 saturated heterocycles. The predicted octanol–water partition coefficient (Wildman–Crippen LogP) is 2.03. The zero-order chi connectivity index (χ0) is 16.2. The van der Waals surface area contributed by atoms with E-state index < -0.39 is 17.9 Å². The third kappa shape index (κ3) is 3.89. The molecule has 0 fully saturated rings. The van der Waals surface area contributed by atoms with E-state index in [2.05, 4.69) is 4.74 Å². The summed E-state index contributed by atoms with van der Waals surface area (Å²) in [6.45, 7) is 1.22. The molecule has 6 nitrogen and oxygen atoms in total. The fourth-order valence-corrected chi connectivity index (χ4v) is 1.66. The number of rotatable bonds is 6. The highest BCUT2D eigenvalue weighted by Gasteiger charge is 2.48. The van der Waals surface area contributed by atoms with Crippen LogP contribution in [0, 0.1) is 0 Å². The molecule has 0 amide bonds. The minimum atomic E-state index is -3.93.